The first kappa shape index (κ1) is 13.5. The first-order valence-corrected chi connectivity index (χ1v) is 5.91. The quantitative estimate of drug-likeness (QED) is 0.917. The Bertz CT molecular complexity index is 624. The fourth-order valence-corrected chi connectivity index (χ4v) is 1.94. The molecule has 2 aromatic rings. The molecule has 1 N–H and O–H groups in total. The topological polar surface area (TPSA) is 46.5 Å². The molecule has 0 radical (unpaired) electrons. The monoisotopic (exact) mass is 328 g/mol. The van der Waals surface area contributed by atoms with Gasteiger partial charge in [0.15, 0.2) is 0 Å². The lowest BCUT2D eigenvalue weighted by atomic mass is 10.2. The van der Waals surface area contributed by atoms with E-state index in [0.29, 0.717) is 4.47 Å². The summed E-state index contributed by atoms with van der Waals surface area (Å²) in [5, 5.41) is 8.89. The predicted octanol–water partition coefficient (Wildman–Crippen LogP) is 4.22. The maximum atomic E-state index is 13.0. The summed E-state index contributed by atoms with van der Waals surface area (Å²) in [5.74, 6) is -2.56. The zero-order valence-corrected chi connectivity index (χ0v) is 10.9. The van der Waals surface area contributed by atoms with E-state index < -0.39 is 17.6 Å². The van der Waals surface area contributed by atoms with Gasteiger partial charge in [0.25, 0.3) is 0 Å². The van der Waals surface area contributed by atoms with Crippen molar-refractivity contribution in [2.75, 3.05) is 0 Å². The third kappa shape index (κ3) is 3.51. The van der Waals surface area contributed by atoms with Crippen LogP contribution in [0.25, 0.3) is 0 Å². The molecule has 0 aliphatic heterocycles. The minimum Gasteiger partial charge on any atom is -0.478 e. The van der Waals surface area contributed by atoms with E-state index >= 15 is 0 Å². The molecule has 0 unspecified atom stereocenters. The zero-order chi connectivity index (χ0) is 14.0. The van der Waals surface area contributed by atoms with Crippen LogP contribution >= 0.6 is 15.9 Å². The molecule has 0 aliphatic rings. The number of carboxylic acids is 1. The fourth-order valence-electron chi connectivity index (χ4n) is 1.47. The molecule has 0 spiro atoms. The van der Waals surface area contributed by atoms with E-state index in [-0.39, 0.29) is 17.1 Å². The number of benzene rings is 2. The van der Waals surface area contributed by atoms with E-state index in [2.05, 4.69) is 15.9 Å². The Labute approximate surface area is 115 Å². The van der Waals surface area contributed by atoms with Crippen molar-refractivity contribution in [3.05, 3.63) is 58.1 Å². The molecule has 0 aliphatic carbocycles. The highest BCUT2D eigenvalue weighted by atomic mass is 79.9. The van der Waals surface area contributed by atoms with Crippen LogP contribution in [0.2, 0.25) is 0 Å². The lowest BCUT2D eigenvalue weighted by molar-refractivity contribution is 0.0696. The maximum absolute atomic E-state index is 13.0. The number of ether oxygens (including phenoxy) is 1. The number of hydrogen-bond donors (Lipinski definition) is 1. The third-order valence-electron chi connectivity index (χ3n) is 2.19. The summed E-state index contributed by atoms with van der Waals surface area (Å²) in [7, 11) is 0. The summed E-state index contributed by atoms with van der Waals surface area (Å²) in [6.45, 7) is 0. The minimum atomic E-state index is -1.13. The van der Waals surface area contributed by atoms with Gasteiger partial charge in [-0.25, -0.2) is 13.6 Å². The first-order chi connectivity index (χ1) is 8.94. The van der Waals surface area contributed by atoms with Gasteiger partial charge in [-0.05, 0) is 18.2 Å². The predicted molar refractivity (Wildman–Crippen MR) is 67.5 cm³/mol. The van der Waals surface area contributed by atoms with Crippen LogP contribution in [-0.4, -0.2) is 11.1 Å². The summed E-state index contributed by atoms with van der Waals surface area (Å²) >= 11 is 3.13. The van der Waals surface area contributed by atoms with Gasteiger partial charge in [-0.15, -0.1) is 0 Å². The molecular formula is C13H7BrF2O3. The average molecular weight is 329 g/mol. The maximum Gasteiger partial charge on any atom is 0.335 e. The Morgan fingerprint density at radius 1 is 1.00 bits per heavy atom. The van der Waals surface area contributed by atoms with Crippen molar-refractivity contribution >= 4 is 21.9 Å². The normalized spacial score (nSPS) is 10.3. The van der Waals surface area contributed by atoms with Gasteiger partial charge in [0.05, 0.1) is 5.56 Å². The molecular weight excluding hydrogens is 322 g/mol. The molecule has 0 heterocycles. The van der Waals surface area contributed by atoms with Crippen LogP contribution in [0.4, 0.5) is 8.78 Å². The molecule has 0 saturated carbocycles. The number of aromatic carboxylic acids is 1. The number of rotatable bonds is 3. The average Bonchev–Trinajstić information content (AvgIpc) is 2.26. The molecule has 0 bridgehead atoms. The van der Waals surface area contributed by atoms with Gasteiger partial charge in [-0.2, -0.15) is 0 Å². The smallest absolute Gasteiger partial charge is 0.335 e. The molecule has 19 heavy (non-hydrogen) atoms. The van der Waals surface area contributed by atoms with Gasteiger partial charge in [-0.1, -0.05) is 15.9 Å². The van der Waals surface area contributed by atoms with Gasteiger partial charge in [0.2, 0.25) is 0 Å². The van der Waals surface area contributed by atoms with Crippen LogP contribution in [0, 0.1) is 11.6 Å². The molecule has 2 rings (SSSR count). The lowest BCUT2D eigenvalue weighted by Crippen LogP contribution is -1.97. The number of carboxylic acid groups (broad SMARTS) is 1. The van der Waals surface area contributed by atoms with E-state index in [4.69, 9.17) is 9.84 Å². The van der Waals surface area contributed by atoms with Crippen LogP contribution in [0.1, 0.15) is 10.4 Å². The molecule has 3 nitrogen and oxygen atoms in total. The Hall–Kier alpha value is -1.95. The summed E-state index contributed by atoms with van der Waals surface area (Å²) in [4.78, 5) is 10.9. The lowest BCUT2D eigenvalue weighted by Gasteiger charge is -2.07. The second-order valence-electron chi connectivity index (χ2n) is 3.69. The molecule has 98 valence electrons. The van der Waals surface area contributed by atoms with E-state index in [1.54, 1.807) is 0 Å². The molecule has 6 heteroatoms. The van der Waals surface area contributed by atoms with Crippen molar-refractivity contribution in [3.8, 4) is 11.5 Å². The summed E-state index contributed by atoms with van der Waals surface area (Å²) in [6, 6.07) is 6.87. The summed E-state index contributed by atoms with van der Waals surface area (Å²) in [5.41, 5.74) is 0.00116. The third-order valence-corrected chi connectivity index (χ3v) is 2.65. The second-order valence-corrected chi connectivity index (χ2v) is 4.60. The Balaban J connectivity index is 2.35. The fraction of sp³-hybridized carbons (Fsp3) is 0. The van der Waals surface area contributed by atoms with Crippen LogP contribution in [-0.2, 0) is 0 Å². The van der Waals surface area contributed by atoms with Gasteiger partial charge in [0, 0.05) is 22.7 Å². The van der Waals surface area contributed by atoms with Crippen LogP contribution in [0.5, 0.6) is 11.5 Å². The summed E-state index contributed by atoms with van der Waals surface area (Å²) in [6.07, 6.45) is 0. The Morgan fingerprint density at radius 3 is 2.16 bits per heavy atom. The molecule has 0 atom stereocenters. The van der Waals surface area contributed by atoms with Crippen molar-refractivity contribution in [2.24, 2.45) is 0 Å². The van der Waals surface area contributed by atoms with Crippen molar-refractivity contribution in [1.82, 2.24) is 0 Å². The van der Waals surface area contributed by atoms with Gasteiger partial charge >= 0.3 is 5.97 Å². The van der Waals surface area contributed by atoms with Crippen molar-refractivity contribution < 1.29 is 23.4 Å². The van der Waals surface area contributed by atoms with E-state index in [1.807, 2.05) is 0 Å². The number of carbonyl (C=O) groups is 1. The second kappa shape index (κ2) is 5.36. The van der Waals surface area contributed by atoms with Crippen molar-refractivity contribution in [2.45, 2.75) is 0 Å². The van der Waals surface area contributed by atoms with E-state index in [1.165, 1.54) is 18.2 Å². The van der Waals surface area contributed by atoms with Crippen molar-refractivity contribution in [3.63, 3.8) is 0 Å². The summed E-state index contributed by atoms with van der Waals surface area (Å²) < 4.78 is 31.7. The van der Waals surface area contributed by atoms with E-state index in [0.717, 1.165) is 18.2 Å². The van der Waals surface area contributed by atoms with Gasteiger partial charge in [0.1, 0.15) is 23.1 Å². The van der Waals surface area contributed by atoms with Crippen LogP contribution < -0.4 is 4.74 Å². The van der Waals surface area contributed by atoms with Crippen LogP contribution in [0.15, 0.2) is 40.9 Å². The van der Waals surface area contributed by atoms with Crippen molar-refractivity contribution in [1.29, 1.82) is 0 Å². The molecule has 0 aromatic heterocycles. The molecule has 0 fully saturated rings. The standard InChI is InChI=1S/C13H7BrF2O3/c14-8-1-7(13(17)18)2-11(3-8)19-12-5-9(15)4-10(16)6-12/h1-6H,(H,17,18). The van der Waals surface area contributed by atoms with Gasteiger partial charge < -0.3 is 9.84 Å². The first-order valence-electron chi connectivity index (χ1n) is 5.12. The van der Waals surface area contributed by atoms with Gasteiger partial charge in [-0.3, -0.25) is 0 Å². The molecule has 0 amide bonds. The Kier molecular flexibility index (Phi) is 3.80. The highest BCUT2D eigenvalue weighted by Crippen LogP contribution is 2.27. The zero-order valence-electron chi connectivity index (χ0n) is 9.36. The number of hydrogen-bond acceptors (Lipinski definition) is 2. The van der Waals surface area contributed by atoms with Crippen LogP contribution in [0.3, 0.4) is 0 Å². The molecule has 2 aromatic carbocycles. The minimum absolute atomic E-state index is 0.00116. The molecule has 0 saturated heterocycles. The highest BCUT2D eigenvalue weighted by Gasteiger charge is 2.09. The SMILES string of the molecule is O=C(O)c1cc(Br)cc(Oc2cc(F)cc(F)c2)c1. The van der Waals surface area contributed by atoms with E-state index in [9.17, 15) is 13.6 Å². The number of halogens is 3. The Morgan fingerprint density at radius 2 is 1.58 bits per heavy atom. The largest absolute Gasteiger partial charge is 0.478 e. The highest BCUT2D eigenvalue weighted by molar-refractivity contribution is 9.10.